The summed E-state index contributed by atoms with van der Waals surface area (Å²) in [7, 11) is -2.58. The molecular weight excluding hydrogens is 450 g/mol. The van der Waals surface area contributed by atoms with Crippen LogP contribution in [0.4, 0.5) is 32.0 Å². The average Bonchev–Trinajstić information content (AvgIpc) is 3.11. The smallest absolute Gasteiger partial charge is 0.419 e. The Balaban J connectivity index is 0.000000488. The first-order valence-corrected chi connectivity index (χ1v) is 10.5. The molecule has 0 bridgehead atoms. The van der Waals surface area contributed by atoms with Crippen LogP contribution in [0.5, 0.6) is 5.75 Å². The fourth-order valence-corrected chi connectivity index (χ4v) is 4.13. The number of hydrogen-bond acceptors (Lipinski definition) is 4. The Morgan fingerprint density at radius 3 is 1.90 bits per heavy atom. The third-order valence-corrected chi connectivity index (χ3v) is 5.81. The molecule has 31 heavy (non-hydrogen) atoms. The zero-order valence-corrected chi connectivity index (χ0v) is 17.1. The normalized spacial score (nSPS) is 15.3. The van der Waals surface area contributed by atoms with Gasteiger partial charge in [0.1, 0.15) is 5.75 Å². The number of nitrogens with zero attached hydrogens (tertiary/aromatic N) is 1. The van der Waals surface area contributed by atoms with Crippen LogP contribution in [0, 0.1) is 0 Å². The average molecular weight is 470 g/mol. The van der Waals surface area contributed by atoms with E-state index in [2.05, 4.69) is 11.9 Å². The molecule has 5 nitrogen and oxygen atoms in total. The van der Waals surface area contributed by atoms with Crippen molar-refractivity contribution in [2.24, 2.45) is 0 Å². The Labute approximate surface area is 175 Å². The highest BCUT2D eigenvalue weighted by atomic mass is 32.2. The van der Waals surface area contributed by atoms with Gasteiger partial charge in [0.15, 0.2) is 0 Å². The third-order valence-electron chi connectivity index (χ3n) is 4.37. The number of nitrogens with one attached hydrogen (secondary N) is 1. The van der Waals surface area contributed by atoms with Gasteiger partial charge in [0, 0.05) is 6.07 Å². The molecular formula is C19H20F6N2O3S. The SMILES string of the molecule is CN1CCCC1.O=S(=O)(Nc1ccc(C(F)(F)F)c(O)c1)c1ccccc1C(F)(F)F. The standard InChI is InChI=1S/C14H9F6NO3S.C5H11N/c15-13(16,17)9-6-5-8(7-11(9)22)21-25(23,24)12-4-2-1-3-10(12)14(18,19)20;1-6-4-2-3-5-6/h1-7,21-22H;2-5H2,1H3. The first-order chi connectivity index (χ1) is 14.2. The Morgan fingerprint density at radius 2 is 1.45 bits per heavy atom. The van der Waals surface area contributed by atoms with Crippen molar-refractivity contribution in [2.45, 2.75) is 30.1 Å². The van der Waals surface area contributed by atoms with Crippen LogP contribution < -0.4 is 4.72 Å². The lowest BCUT2D eigenvalue weighted by molar-refractivity contribution is -0.140. The van der Waals surface area contributed by atoms with E-state index in [0.717, 1.165) is 12.1 Å². The van der Waals surface area contributed by atoms with E-state index in [4.69, 9.17) is 0 Å². The molecule has 1 heterocycles. The van der Waals surface area contributed by atoms with Crippen LogP contribution in [-0.4, -0.2) is 38.6 Å². The molecule has 0 radical (unpaired) electrons. The third kappa shape index (κ3) is 6.76. The van der Waals surface area contributed by atoms with E-state index >= 15 is 0 Å². The van der Waals surface area contributed by atoms with Gasteiger partial charge in [0.25, 0.3) is 10.0 Å². The molecule has 1 saturated heterocycles. The number of alkyl halides is 6. The molecule has 0 aromatic heterocycles. The summed E-state index contributed by atoms with van der Waals surface area (Å²) in [6, 6.07) is 4.85. The van der Waals surface area contributed by atoms with E-state index in [9.17, 15) is 39.9 Å². The maximum atomic E-state index is 12.9. The first kappa shape index (κ1) is 24.8. The zero-order valence-electron chi connectivity index (χ0n) is 16.3. The topological polar surface area (TPSA) is 69.6 Å². The van der Waals surface area contributed by atoms with Crippen molar-refractivity contribution in [2.75, 3.05) is 24.9 Å². The van der Waals surface area contributed by atoms with E-state index in [0.29, 0.717) is 30.3 Å². The van der Waals surface area contributed by atoms with Gasteiger partial charge in [0.2, 0.25) is 0 Å². The summed E-state index contributed by atoms with van der Waals surface area (Å²) in [5.74, 6) is -1.27. The minimum absolute atomic E-state index is 0.406. The van der Waals surface area contributed by atoms with Gasteiger partial charge in [-0.2, -0.15) is 26.3 Å². The van der Waals surface area contributed by atoms with Gasteiger partial charge in [-0.3, -0.25) is 4.72 Å². The number of hydrogen-bond donors (Lipinski definition) is 2. The second-order valence-corrected chi connectivity index (χ2v) is 8.49. The molecule has 0 atom stereocenters. The number of sulfonamides is 1. The lowest BCUT2D eigenvalue weighted by Gasteiger charge is -2.15. The molecule has 12 heteroatoms. The van der Waals surface area contributed by atoms with Crippen LogP contribution in [0.1, 0.15) is 24.0 Å². The molecule has 0 aliphatic carbocycles. The van der Waals surface area contributed by atoms with Crippen molar-refractivity contribution < 1.29 is 39.9 Å². The lowest BCUT2D eigenvalue weighted by Crippen LogP contribution is -2.19. The second kappa shape index (κ2) is 9.35. The van der Waals surface area contributed by atoms with E-state index < -0.39 is 49.8 Å². The molecule has 0 unspecified atom stereocenters. The molecule has 1 aliphatic heterocycles. The van der Waals surface area contributed by atoms with E-state index in [-0.39, 0.29) is 0 Å². The van der Waals surface area contributed by atoms with E-state index in [1.165, 1.54) is 25.9 Å². The largest absolute Gasteiger partial charge is 0.507 e. The number of halogens is 6. The monoisotopic (exact) mass is 470 g/mol. The fraction of sp³-hybridized carbons (Fsp3) is 0.368. The molecule has 2 aromatic carbocycles. The number of phenols is 1. The van der Waals surface area contributed by atoms with E-state index in [1.807, 2.05) is 0 Å². The fourth-order valence-electron chi connectivity index (χ4n) is 2.86. The minimum atomic E-state index is -4.95. The van der Waals surface area contributed by atoms with Gasteiger partial charge in [-0.25, -0.2) is 8.42 Å². The molecule has 3 rings (SSSR count). The van der Waals surface area contributed by atoms with Crippen LogP contribution in [0.25, 0.3) is 0 Å². The first-order valence-electron chi connectivity index (χ1n) is 8.99. The maximum Gasteiger partial charge on any atom is 0.419 e. The highest BCUT2D eigenvalue weighted by Gasteiger charge is 2.37. The second-order valence-electron chi connectivity index (χ2n) is 6.84. The van der Waals surface area contributed by atoms with Crippen molar-refractivity contribution in [1.29, 1.82) is 0 Å². The summed E-state index contributed by atoms with van der Waals surface area (Å²) >= 11 is 0. The summed E-state index contributed by atoms with van der Waals surface area (Å²) in [6.45, 7) is 2.64. The van der Waals surface area contributed by atoms with Crippen LogP contribution in [-0.2, 0) is 22.4 Å². The Kier molecular flexibility index (Phi) is 7.48. The molecule has 1 fully saturated rings. The van der Waals surface area contributed by atoms with Crippen molar-refractivity contribution in [1.82, 2.24) is 4.90 Å². The number of benzene rings is 2. The number of likely N-dealkylation sites (tertiary alicyclic amines) is 1. The van der Waals surface area contributed by atoms with Gasteiger partial charge >= 0.3 is 12.4 Å². The van der Waals surface area contributed by atoms with E-state index in [1.54, 1.807) is 4.72 Å². The molecule has 2 aromatic rings. The van der Waals surface area contributed by atoms with Crippen LogP contribution in [0.3, 0.4) is 0 Å². The van der Waals surface area contributed by atoms with Gasteiger partial charge in [0.05, 0.1) is 21.7 Å². The molecule has 0 amide bonds. The van der Waals surface area contributed by atoms with Crippen LogP contribution in [0.15, 0.2) is 47.4 Å². The van der Waals surface area contributed by atoms with Crippen molar-refractivity contribution >= 4 is 15.7 Å². The molecule has 1 aliphatic rings. The minimum Gasteiger partial charge on any atom is -0.507 e. The van der Waals surface area contributed by atoms with Crippen LogP contribution >= 0.6 is 0 Å². The lowest BCUT2D eigenvalue weighted by atomic mass is 10.2. The number of aromatic hydroxyl groups is 1. The van der Waals surface area contributed by atoms with Crippen LogP contribution in [0.2, 0.25) is 0 Å². The van der Waals surface area contributed by atoms with Gasteiger partial charge < -0.3 is 10.0 Å². The molecule has 2 N–H and O–H groups in total. The van der Waals surface area contributed by atoms with Gasteiger partial charge in [-0.1, -0.05) is 12.1 Å². The number of anilines is 1. The highest BCUT2D eigenvalue weighted by Crippen LogP contribution is 2.38. The summed E-state index contributed by atoms with van der Waals surface area (Å²) in [5.41, 5.74) is -3.37. The summed E-state index contributed by atoms with van der Waals surface area (Å²) in [4.78, 5) is 1.27. The quantitative estimate of drug-likeness (QED) is 0.624. The van der Waals surface area contributed by atoms with Crippen molar-refractivity contribution in [3.63, 3.8) is 0 Å². The summed E-state index contributed by atoms with van der Waals surface area (Å²) < 4.78 is 102. The maximum absolute atomic E-state index is 12.9. The van der Waals surface area contributed by atoms with Crippen molar-refractivity contribution in [3.8, 4) is 5.75 Å². The van der Waals surface area contributed by atoms with Crippen molar-refractivity contribution in [3.05, 3.63) is 53.6 Å². The zero-order chi connectivity index (χ0) is 23.4. The summed E-state index contributed by atoms with van der Waals surface area (Å²) in [5, 5.41) is 9.34. The number of phenolic OH excluding ortho intramolecular Hbond substituents is 1. The molecule has 0 spiro atoms. The predicted molar refractivity (Wildman–Crippen MR) is 102 cm³/mol. The summed E-state index contributed by atoms with van der Waals surface area (Å²) in [6.07, 6.45) is -7.00. The Bertz CT molecular complexity index is 1000. The molecule has 172 valence electrons. The highest BCUT2D eigenvalue weighted by molar-refractivity contribution is 7.92. The van der Waals surface area contributed by atoms with Gasteiger partial charge in [-0.05, 0) is 57.2 Å². The Hall–Kier alpha value is -2.47. The number of rotatable bonds is 3. The van der Waals surface area contributed by atoms with Gasteiger partial charge in [-0.15, -0.1) is 0 Å². The predicted octanol–water partition coefficient (Wildman–Crippen LogP) is 4.94. The molecule has 0 saturated carbocycles. The Morgan fingerprint density at radius 1 is 0.903 bits per heavy atom.